The molecular formula is C17H25FN2O2. The average molecular weight is 308 g/mol. The van der Waals surface area contributed by atoms with Crippen molar-refractivity contribution in [2.45, 2.75) is 45.3 Å². The quantitative estimate of drug-likeness (QED) is 0.898. The second-order valence-electron chi connectivity index (χ2n) is 6.23. The Morgan fingerprint density at radius 2 is 2.14 bits per heavy atom. The number of aryl methyl sites for hydroxylation is 1. The van der Waals surface area contributed by atoms with Crippen molar-refractivity contribution < 1.29 is 14.3 Å². The molecule has 0 spiro atoms. The summed E-state index contributed by atoms with van der Waals surface area (Å²) in [5.41, 5.74) is 1.45. The maximum atomic E-state index is 13.2. The van der Waals surface area contributed by atoms with Gasteiger partial charge in [-0.15, -0.1) is 0 Å². The van der Waals surface area contributed by atoms with Gasteiger partial charge in [0.05, 0.1) is 6.10 Å². The minimum absolute atomic E-state index is 0.164. The van der Waals surface area contributed by atoms with Gasteiger partial charge in [-0.3, -0.25) is 0 Å². The second kappa shape index (κ2) is 7.58. The zero-order valence-corrected chi connectivity index (χ0v) is 13.3. The van der Waals surface area contributed by atoms with Crippen LogP contribution in [-0.2, 0) is 6.54 Å². The van der Waals surface area contributed by atoms with Gasteiger partial charge in [-0.1, -0.05) is 25.0 Å². The number of carbonyl (C=O) groups excluding carboxylic acids is 1. The minimum Gasteiger partial charge on any atom is -0.393 e. The van der Waals surface area contributed by atoms with Gasteiger partial charge in [-0.2, -0.15) is 0 Å². The third-order valence-corrected chi connectivity index (χ3v) is 4.39. The van der Waals surface area contributed by atoms with Gasteiger partial charge in [0.1, 0.15) is 5.82 Å². The molecule has 0 saturated heterocycles. The summed E-state index contributed by atoms with van der Waals surface area (Å²) in [5.74, 6) is -0.0731. The van der Waals surface area contributed by atoms with Crippen molar-refractivity contribution in [3.05, 3.63) is 35.1 Å². The lowest BCUT2D eigenvalue weighted by Gasteiger charge is -2.31. The molecule has 1 fully saturated rings. The highest BCUT2D eigenvalue weighted by Gasteiger charge is 2.25. The molecule has 4 nitrogen and oxygen atoms in total. The van der Waals surface area contributed by atoms with Gasteiger partial charge in [-0.05, 0) is 37.0 Å². The van der Waals surface area contributed by atoms with E-state index in [9.17, 15) is 14.3 Å². The summed E-state index contributed by atoms with van der Waals surface area (Å²) in [7, 11) is 1.74. The third kappa shape index (κ3) is 4.44. The van der Waals surface area contributed by atoms with Crippen LogP contribution < -0.4 is 5.32 Å². The molecule has 0 aromatic heterocycles. The van der Waals surface area contributed by atoms with Crippen molar-refractivity contribution in [3.8, 4) is 0 Å². The van der Waals surface area contributed by atoms with Crippen LogP contribution in [-0.4, -0.2) is 35.7 Å². The van der Waals surface area contributed by atoms with Gasteiger partial charge >= 0.3 is 6.03 Å². The van der Waals surface area contributed by atoms with Crippen LogP contribution in [0.25, 0.3) is 0 Å². The second-order valence-corrected chi connectivity index (χ2v) is 6.23. The van der Waals surface area contributed by atoms with Crippen LogP contribution in [0.2, 0.25) is 0 Å². The highest BCUT2D eigenvalue weighted by Crippen LogP contribution is 2.24. The Morgan fingerprint density at radius 3 is 2.82 bits per heavy atom. The fourth-order valence-corrected chi connectivity index (χ4v) is 2.97. The van der Waals surface area contributed by atoms with Crippen LogP contribution in [0.4, 0.5) is 9.18 Å². The van der Waals surface area contributed by atoms with Gasteiger partial charge < -0.3 is 15.3 Å². The zero-order valence-electron chi connectivity index (χ0n) is 13.3. The first-order chi connectivity index (χ1) is 10.5. The lowest BCUT2D eigenvalue weighted by Crippen LogP contribution is -2.42. The number of amides is 2. The molecule has 2 N–H and O–H groups in total. The Morgan fingerprint density at radius 1 is 1.41 bits per heavy atom. The maximum Gasteiger partial charge on any atom is 0.317 e. The van der Waals surface area contributed by atoms with Crippen molar-refractivity contribution in [3.63, 3.8) is 0 Å². The molecule has 2 rings (SSSR count). The molecule has 2 atom stereocenters. The Bertz CT molecular complexity index is 521. The van der Waals surface area contributed by atoms with Crippen molar-refractivity contribution in [2.75, 3.05) is 13.6 Å². The lowest BCUT2D eigenvalue weighted by atomic mass is 9.86. The molecule has 1 aliphatic carbocycles. The Labute approximate surface area is 131 Å². The molecular weight excluding hydrogens is 283 g/mol. The van der Waals surface area contributed by atoms with Crippen molar-refractivity contribution in [1.82, 2.24) is 10.2 Å². The highest BCUT2D eigenvalue weighted by atomic mass is 19.1. The number of carbonyl (C=O) groups is 1. The van der Waals surface area contributed by atoms with E-state index in [2.05, 4.69) is 5.32 Å². The normalized spacial score (nSPS) is 21.5. The molecule has 5 heteroatoms. The predicted molar refractivity (Wildman–Crippen MR) is 84.0 cm³/mol. The standard InChI is InChI=1S/C17H25FN2O2/c1-12-9-13(7-8-15(12)18)10-19-17(22)20(2)11-14-5-3-4-6-16(14)21/h7-9,14,16,21H,3-6,10-11H2,1-2H3,(H,19,22). The van der Waals surface area contributed by atoms with Crippen molar-refractivity contribution in [2.24, 2.45) is 5.92 Å². The molecule has 0 radical (unpaired) electrons. The number of halogens is 1. The molecule has 22 heavy (non-hydrogen) atoms. The van der Waals surface area contributed by atoms with Crippen molar-refractivity contribution >= 4 is 6.03 Å². The van der Waals surface area contributed by atoms with E-state index in [1.54, 1.807) is 31.0 Å². The molecule has 0 heterocycles. The smallest absolute Gasteiger partial charge is 0.317 e. The SMILES string of the molecule is Cc1cc(CNC(=O)N(C)CC2CCCCC2O)ccc1F. The molecule has 0 aliphatic heterocycles. The van der Waals surface area contributed by atoms with E-state index in [-0.39, 0.29) is 23.9 Å². The monoisotopic (exact) mass is 308 g/mol. The first-order valence-electron chi connectivity index (χ1n) is 7.89. The Hall–Kier alpha value is -1.62. The van der Waals surface area contributed by atoms with Gasteiger partial charge in [0.25, 0.3) is 0 Å². The summed E-state index contributed by atoms with van der Waals surface area (Å²) in [4.78, 5) is 13.7. The van der Waals surface area contributed by atoms with Crippen LogP contribution in [0.15, 0.2) is 18.2 Å². The van der Waals surface area contributed by atoms with Crippen LogP contribution in [0.5, 0.6) is 0 Å². The van der Waals surface area contributed by atoms with E-state index < -0.39 is 0 Å². The van der Waals surface area contributed by atoms with Crippen molar-refractivity contribution in [1.29, 1.82) is 0 Å². The number of nitrogens with zero attached hydrogens (tertiary/aromatic N) is 1. The first kappa shape index (κ1) is 16.7. The number of nitrogens with one attached hydrogen (secondary N) is 1. The number of benzene rings is 1. The fraction of sp³-hybridized carbons (Fsp3) is 0.588. The van der Waals surface area contributed by atoms with Crippen LogP contribution in [0.1, 0.15) is 36.8 Å². The van der Waals surface area contributed by atoms with Crippen LogP contribution in [0, 0.1) is 18.7 Å². The lowest BCUT2D eigenvalue weighted by molar-refractivity contribution is 0.0565. The fourth-order valence-electron chi connectivity index (χ4n) is 2.97. The van der Waals surface area contributed by atoms with Gasteiger partial charge in [0, 0.05) is 26.1 Å². The van der Waals surface area contributed by atoms with E-state index in [1.807, 2.05) is 0 Å². The largest absolute Gasteiger partial charge is 0.393 e. The molecule has 2 amide bonds. The molecule has 2 unspecified atom stereocenters. The number of rotatable bonds is 4. The Kier molecular flexibility index (Phi) is 5.77. The van der Waals surface area contributed by atoms with E-state index >= 15 is 0 Å². The maximum absolute atomic E-state index is 13.2. The van der Waals surface area contributed by atoms with E-state index in [0.717, 1.165) is 31.2 Å². The summed E-state index contributed by atoms with van der Waals surface area (Å²) in [5, 5.41) is 12.8. The number of urea groups is 1. The summed E-state index contributed by atoms with van der Waals surface area (Å²) >= 11 is 0. The average Bonchev–Trinajstić information content (AvgIpc) is 2.50. The number of hydrogen-bond acceptors (Lipinski definition) is 2. The summed E-state index contributed by atoms with van der Waals surface area (Å²) in [6.45, 7) is 2.64. The Balaban J connectivity index is 1.81. The van der Waals surface area contributed by atoms with Crippen LogP contribution in [0.3, 0.4) is 0 Å². The zero-order chi connectivity index (χ0) is 16.1. The molecule has 1 aromatic carbocycles. The summed E-state index contributed by atoms with van der Waals surface area (Å²) < 4.78 is 13.2. The summed E-state index contributed by atoms with van der Waals surface area (Å²) in [6.07, 6.45) is 3.68. The predicted octanol–water partition coefficient (Wildman–Crippen LogP) is 2.83. The summed E-state index contributed by atoms with van der Waals surface area (Å²) in [6, 6.07) is 4.66. The van der Waals surface area contributed by atoms with E-state index in [0.29, 0.717) is 18.7 Å². The van der Waals surface area contributed by atoms with E-state index in [1.165, 1.54) is 6.07 Å². The molecule has 1 saturated carbocycles. The third-order valence-electron chi connectivity index (χ3n) is 4.39. The van der Waals surface area contributed by atoms with Crippen LogP contribution >= 0.6 is 0 Å². The van der Waals surface area contributed by atoms with Gasteiger partial charge in [0.2, 0.25) is 0 Å². The number of aliphatic hydroxyl groups excluding tert-OH is 1. The van der Waals surface area contributed by atoms with E-state index in [4.69, 9.17) is 0 Å². The molecule has 1 aliphatic rings. The van der Waals surface area contributed by atoms with Gasteiger partial charge in [0.15, 0.2) is 0 Å². The number of aliphatic hydroxyl groups is 1. The minimum atomic E-state index is -0.302. The topological polar surface area (TPSA) is 52.6 Å². The molecule has 1 aromatic rings. The van der Waals surface area contributed by atoms with Gasteiger partial charge in [-0.25, -0.2) is 9.18 Å². The first-order valence-corrected chi connectivity index (χ1v) is 7.89. The highest BCUT2D eigenvalue weighted by molar-refractivity contribution is 5.73. The molecule has 122 valence electrons. The molecule has 0 bridgehead atoms. The number of hydrogen-bond donors (Lipinski definition) is 2.